The number of benzene rings is 1. The van der Waals surface area contributed by atoms with Crippen molar-refractivity contribution in [1.29, 1.82) is 0 Å². The average Bonchev–Trinajstić information content (AvgIpc) is 2.42. The number of nitrogens with zero attached hydrogens (tertiary/aromatic N) is 2. The molecular formula is C14H21N3O2. The topological polar surface area (TPSA) is 69.8 Å². The van der Waals surface area contributed by atoms with Gasteiger partial charge in [0.1, 0.15) is 0 Å². The maximum atomic E-state index is 12.3. The van der Waals surface area contributed by atoms with Gasteiger partial charge in [-0.1, -0.05) is 13.0 Å². The molecule has 5 nitrogen and oxygen atoms in total. The zero-order chi connectivity index (χ0) is 13.8. The maximum Gasteiger partial charge on any atom is 0.257 e. The number of piperazine rings is 1. The van der Waals surface area contributed by atoms with Gasteiger partial charge in [-0.25, -0.2) is 0 Å². The summed E-state index contributed by atoms with van der Waals surface area (Å²) in [6.45, 7) is 6.42. The van der Waals surface area contributed by atoms with Crippen molar-refractivity contribution >= 4 is 11.6 Å². The van der Waals surface area contributed by atoms with Crippen molar-refractivity contribution in [2.45, 2.75) is 13.3 Å². The van der Waals surface area contributed by atoms with Gasteiger partial charge >= 0.3 is 0 Å². The van der Waals surface area contributed by atoms with E-state index in [4.69, 9.17) is 5.73 Å². The summed E-state index contributed by atoms with van der Waals surface area (Å²) in [6.07, 6.45) is 1.13. The van der Waals surface area contributed by atoms with Gasteiger partial charge in [-0.15, -0.1) is 0 Å². The van der Waals surface area contributed by atoms with E-state index in [0.29, 0.717) is 18.7 Å². The summed E-state index contributed by atoms with van der Waals surface area (Å²) in [5, 5.41) is 9.85. The van der Waals surface area contributed by atoms with Gasteiger partial charge in [0, 0.05) is 26.2 Å². The van der Waals surface area contributed by atoms with E-state index < -0.39 is 0 Å². The second-order valence-corrected chi connectivity index (χ2v) is 4.88. The van der Waals surface area contributed by atoms with Crippen molar-refractivity contribution < 1.29 is 9.90 Å². The van der Waals surface area contributed by atoms with Crippen LogP contribution in [0.15, 0.2) is 18.2 Å². The van der Waals surface area contributed by atoms with E-state index >= 15 is 0 Å². The van der Waals surface area contributed by atoms with E-state index in [9.17, 15) is 9.90 Å². The van der Waals surface area contributed by atoms with Crippen LogP contribution in [-0.2, 0) is 0 Å². The second-order valence-electron chi connectivity index (χ2n) is 4.88. The number of nitrogen functional groups attached to an aromatic ring is 1. The van der Waals surface area contributed by atoms with Gasteiger partial charge in [0.15, 0.2) is 5.75 Å². The highest BCUT2D eigenvalue weighted by molar-refractivity contribution is 5.98. The molecule has 5 heteroatoms. The standard InChI is InChI=1S/C14H21N3O2/c1-2-6-16-7-9-17(10-8-16)14(19)11-4-3-5-12(15)13(11)18/h3-5,18H,2,6-10,15H2,1H3. The highest BCUT2D eigenvalue weighted by Crippen LogP contribution is 2.25. The van der Waals surface area contributed by atoms with Crippen LogP contribution in [0.5, 0.6) is 5.75 Å². The van der Waals surface area contributed by atoms with Crippen molar-refractivity contribution in [1.82, 2.24) is 9.80 Å². The molecular weight excluding hydrogens is 242 g/mol. The molecule has 104 valence electrons. The van der Waals surface area contributed by atoms with Crippen LogP contribution in [0.25, 0.3) is 0 Å². The number of phenolic OH excluding ortho intramolecular Hbond substituents is 1. The minimum Gasteiger partial charge on any atom is -0.505 e. The van der Waals surface area contributed by atoms with Gasteiger partial charge in [-0.05, 0) is 25.1 Å². The summed E-state index contributed by atoms with van der Waals surface area (Å²) in [6, 6.07) is 4.90. The first-order chi connectivity index (χ1) is 9.13. The Morgan fingerprint density at radius 2 is 2.00 bits per heavy atom. The number of aromatic hydroxyl groups is 1. The van der Waals surface area contributed by atoms with Crippen LogP contribution in [0.2, 0.25) is 0 Å². The lowest BCUT2D eigenvalue weighted by Gasteiger charge is -2.34. The molecule has 0 saturated carbocycles. The van der Waals surface area contributed by atoms with E-state index in [1.807, 2.05) is 0 Å². The Bertz CT molecular complexity index is 454. The molecule has 1 amide bonds. The molecule has 0 spiro atoms. The molecule has 1 saturated heterocycles. The number of hydrogen-bond donors (Lipinski definition) is 2. The number of para-hydroxylation sites is 1. The summed E-state index contributed by atoms with van der Waals surface area (Å²) >= 11 is 0. The quantitative estimate of drug-likeness (QED) is 0.634. The number of carbonyl (C=O) groups is 1. The Labute approximate surface area is 113 Å². The van der Waals surface area contributed by atoms with E-state index in [1.165, 1.54) is 0 Å². The summed E-state index contributed by atoms with van der Waals surface area (Å²) in [5.74, 6) is -0.246. The lowest BCUT2D eigenvalue weighted by atomic mass is 10.1. The van der Waals surface area contributed by atoms with E-state index in [1.54, 1.807) is 23.1 Å². The van der Waals surface area contributed by atoms with Crippen molar-refractivity contribution in [2.24, 2.45) is 0 Å². The molecule has 1 aromatic carbocycles. The van der Waals surface area contributed by atoms with Gasteiger partial charge in [0.25, 0.3) is 5.91 Å². The largest absolute Gasteiger partial charge is 0.505 e. The molecule has 0 bridgehead atoms. The third-order valence-corrected chi connectivity index (χ3v) is 3.50. The van der Waals surface area contributed by atoms with Crippen LogP contribution in [0.3, 0.4) is 0 Å². The minimum atomic E-state index is -0.138. The fourth-order valence-corrected chi connectivity index (χ4v) is 2.40. The molecule has 3 N–H and O–H groups in total. The first-order valence-electron chi connectivity index (χ1n) is 6.72. The van der Waals surface area contributed by atoms with Crippen molar-refractivity contribution in [3.05, 3.63) is 23.8 Å². The molecule has 19 heavy (non-hydrogen) atoms. The lowest BCUT2D eigenvalue weighted by molar-refractivity contribution is 0.0634. The molecule has 0 atom stereocenters. The summed E-state index contributed by atoms with van der Waals surface area (Å²) in [5.41, 5.74) is 6.16. The van der Waals surface area contributed by atoms with Crippen LogP contribution >= 0.6 is 0 Å². The predicted molar refractivity (Wildman–Crippen MR) is 75.2 cm³/mol. The second kappa shape index (κ2) is 5.93. The van der Waals surface area contributed by atoms with Gasteiger partial charge in [0.2, 0.25) is 0 Å². The summed E-state index contributed by atoms with van der Waals surface area (Å²) in [7, 11) is 0. The SMILES string of the molecule is CCCN1CCN(C(=O)c2cccc(N)c2O)CC1. The number of rotatable bonds is 3. The first-order valence-corrected chi connectivity index (χ1v) is 6.72. The number of anilines is 1. The van der Waals surface area contributed by atoms with Crippen LogP contribution < -0.4 is 5.73 Å². The number of carbonyl (C=O) groups excluding carboxylic acids is 1. The van der Waals surface area contributed by atoms with Crippen molar-refractivity contribution in [2.75, 3.05) is 38.5 Å². The smallest absolute Gasteiger partial charge is 0.257 e. The third-order valence-electron chi connectivity index (χ3n) is 3.50. The zero-order valence-corrected chi connectivity index (χ0v) is 11.3. The third kappa shape index (κ3) is 2.98. The maximum absolute atomic E-state index is 12.3. The Morgan fingerprint density at radius 1 is 1.32 bits per heavy atom. The molecule has 0 unspecified atom stereocenters. The van der Waals surface area contributed by atoms with Crippen LogP contribution in [0, 0.1) is 0 Å². The average molecular weight is 263 g/mol. The van der Waals surface area contributed by atoms with Crippen LogP contribution in [0.1, 0.15) is 23.7 Å². The number of phenols is 1. The van der Waals surface area contributed by atoms with Gasteiger partial charge in [-0.3, -0.25) is 9.69 Å². The van der Waals surface area contributed by atoms with Gasteiger partial charge in [0.05, 0.1) is 11.3 Å². The summed E-state index contributed by atoms with van der Waals surface area (Å²) < 4.78 is 0. The number of amides is 1. The van der Waals surface area contributed by atoms with E-state index in [-0.39, 0.29) is 17.3 Å². The molecule has 1 aromatic rings. The highest BCUT2D eigenvalue weighted by Gasteiger charge is 2.23. The molecule has 1 heterocycles. The van der Waals surface area contributed by atoms with Crippen LogP contribution in [-0.4, -0.2) is 53.5 Å². The Kier molecular flexibility index (Phi) is 4.27. The van der Waals surface area contributed by atoms with Crippen molar-refractivity contribution in [3.63, 3.8) is 0 Å². The molecule has 0 aliphatic carbocycles. The summed E-state index contributed by atoms with van der Waals surface area (Å²) in [4.78, 5) is 16.5. The molecule has 1 aliphatic heterocycles. The predicted octanol–water partition coefficient (Wildman–Crippen LogP) is 1.14. The van der Waals surface area contributed by atoms with Gasteiger partial charge < -0.3 is 15.7 Å². The van der Waals surface area contributed by atoms with Crippen molar-refractivity contribution in [3.8, 4) is 5.75 Å². The minimum absolute atomic E-state index is 0.108. The molecule has 0 aromatic heterocycles. The molecule has 1 aliphatic rings. The number of nitrogens with two attached hydrogens (primary N) is 1. The van der Waals surface area contributed by atoms with Crippen LogP contribution in [0.4, 0.5) is 5.69 Å². The van der Waals surface area contributed by atoms with E-state index in [0.717, 1.165) is 26.1 Å². The lowest BCUT2D eigenvalue weighted by Crippen LogP contribution is -2.48. The monoisotopic (exact) mass is 263 g/mol. The van der Waals surface area contributed by atoms with E-state index in [2.05, 4.69) is 11.8 Å². The fraction of sp³-hybridized carbons (Fsp3) is 0.500. The first kappa shape index (κ1) is 13.7. The molecule has 2 rings (SSSR count). The Morgan fingerprint density at radius 3 is 2.63 bits per heavy atom. The fourth-order valence-electron chi connectivity index (χ4n) is 2.40. The molecule has 1 fully saturated rings. The normalized spacial score (nSPS) is 16.6. The van der Waals surface area contributed by atoms with Gasteiger partial charge in [-0.2, -0.15) is 0 Å². The highest BCUT2D eigenvalue weighted by atomic mass is 16.3. The Hall–Kier alpha value is -1.75. The molecule has 0 radical (unpaired) electrons. The number of hydrogen-bond acceptors (Lipinski definition) is 4. The Balaban J connectivity index is 2.03. The zero-order valence-electron chi connectivity index (χ0n) is 11.3.